The summed E-state index contributed by atoms with van der Waals surface area (Å²) in [5, 5.41) is 3.08. The van der Waals surface area contributed by atoms with Crippen molar-refractivity contribution in [1.82, 2.24) is 4.98 Å². The summed E-state index contributed by atoms with van der Waals surface area (Å²) in [5.41, 5.74) is 10.1. The van der Waals surface area contributed by atoms with Gasteiger partial charge >= 0.3 is 0 Å². The number of hydrogen-bond acceptors (Lipinski definition) is 2. The van der Waals surface area contributed by atoms with E-state index in [-0.39, 0.29) is 0 Å². The van der Waals surface area contributed by atoms with Gasteiger partial charge in [0.15, 0.2) is 11.8 Å². The first-order valence-electron chi connectivity index (χ1n) is 7.41. The highest BCUT2D eigenvalue weighted by molar-refractivity contribution is 5.93. The van der Waals surface area contributed by atoms with Crippen LogP contribution in [0.5, 0.6) is 0 Å². The van der Waals surface area contributed by atoms with Gasteiger partial charge in [-0.15, -0.1) is 0 Å². The molecule has 0 atom stereocenters. The molecule has 0 saturated heterocycles. The van der Waals surface area contributed by atoms with Crippen molar-refractivity contribution in [3.63, 3.8) is 0 Å². The molecule has 3 rings (SSSR count). The van der Waals surface area contributed by atoms with E-state index >= 15 is 0 Å². The number of anilines is 1. The minimum absolute atomic E-state index is 0.315. The lowest BCUT2D eigenvalue weighted by molar-refractivity contribution is 1.17. The third-order valence-corrected chi connectivity index (χ3v) is 3.37. The maximum Gasteiger partial charge on any atom is 0.199 e. The highest BCUT2D eigenvalue weighted by atomic mass is 15.1. The molecule has 4 nitrogen and oxygen atoms in total. The average molecular weight is 302 g/mol. The molecule has 0 fully saturated rings. The van der Waals surface area contributed by atoms with Gasteiger partial charge in [0, 0.05) is 11.4 Å². The van der Waals surface area contributed by atoms with Crippen LogP contribution >= 0.6 is 0 Å². The van der Waals surface area contributed by atoms with Crippen LogP contribution in [0.25, 0.3) is 11.1 Å². The standard InChI is InChI=1S/C19H18N4/c1-14-6-5-9-18(21-14)23-19(20)22-17-12-10-16(11-13-17)15-7-3-2-4-8-15/h2-13H,1H3,(H3,20,21,22,23). The molecule has 114 valence electrons. The Morgan fingerprint density at radius 3 is 2.26 bits per heavy atom. The predicted octanol–water partition coefficient (Wildman–Crippen LogP) is 4.12. The molecule has 1 heterocycles. The monoisotopic (exact) mass is 302 g/mol. The zero-order valence-electron chi connectivity index (χ0n) is 12.9. The van der Waals surface area contributed by atoms with E-state index in [0.29, 0.717) is 11.8 Å². The smallest absolute Gasteiger partial charge is 0.199 e. The van der Waals surface area contributed by atoms with Crippen molar-refractivity contribution in [1.29, 1.82) is 0 Å². The third kappa shape index (κ3) is 3.95. The first kappa shape index (κ1) is 14.8. The fourth-order valence-corrected chi connectivity index (χ4v) is 2.27. The number of guanidine groups is 1. The van der Waals surface area contributed by atoms with Gasteiger partial charge in [0.2, 0.25) is 0 Å². The highest BCUT2D eigenvalue weighted by Gasteiger charge is 1.99. The molecule has 3 aromatic rings. The van der Waals surface area contributed by atoms with Crippen molar-refractivity contribution < 1.29 is 0 Å². The van der Waals surface area contributed by atoms with Gasteiger partial charge in [0.05, 0.1) is 0 Å². The molecular formula is C19H18N4. The number of benzene rings is 2. The Labute approximate surface area is 135 Å². The second-order valence-corrected chi connectivity index (χ2v) is 5.20. The zero-order chi connectivity index (χ0) is 16.1. The van der Waals surface area contributed by atoms with Crippen LogP contribution < -0.4 is 11.1 Å². The quantitative estimate of drug-likeness (QED) is 0.565. The summed E-state index contributed by atoms with van der Waals surface area (Å²) in [7, 11) is 0. The normalized spacial score (nSPS) is 11.3. The van der Waals surface area contributed by atoms with E-state index in [2.05, 4.69) is 39.6 Å². The summed E-state index contributed by atoms with van der Waals surface area (Å²) in [6.07, 6.45) is 0. The summed E-state index contributed by atoms with van der Waals surface area (Å²) in [6, 6.07) is 23.9. The molecule has 0 aliphatic rings. The molecule has 0 radical (unpaired) electrons. The summed E-state index contributed by atoms with van der Waals surface area (Å²) >= 11 is 0. The van der Waals surface area contributed by atoms with Crippen molar-refractivity contribution in [3.8, 4) is 11.1 Å². The van der Waals surface area contributed by atoms with Gasteiger partial charge in [-0.2, -0.15) is 4.99 Å². The Hall–Kier alpha value is -3.14. The number of aliphatic imine (C=N–C) groups is 1. The number of nitrogens with one attached hydrogen (secondary N) is 1. The Bertz CT molecular complexity index is 808. The fraction of sp³-hybridized carbons (Fsp3) is 0.0526. The zero-order valence-corrected chi connectivity index (χ0v) is 12.9. The van der Waals surface area contributed by atoms with Gasteiger partial charge in [0.1, 0.15) is 0 Å². The molecule has 0 spiro atoms. The molecule has 0 amide bonds. The van der Waals surface area contributed by atoms with Gasteiger partial charge in [0.25, 0.3) is 0 Å². The number of rotatable bonds is 3. The summed E-state index contributed by atoms with van der Waals surface area (Å²) in [5.74, 6) is 0.909. The van der Waals surface area contributed by atoms with E-state index < -0.39 is 0 Å². The minimum Gasteiger partial charge on any atom is -0.369 e. The molecule has 0 bridgehead atoms. The maximum absolute atomic E-state index is 5.94. The van der Waals surface area contributed by atoms with Gasteiger partial charge in [-0.1, -0.05) is 48.5 Å². The van der Waals surface area contributed by atoms with Crippen molar-refractivity contribution in [2.24, 2.45) is 10.7 Å². The second-order valence-electron chi connectivity index (χ2n) is 5.20. The molecule has 3 N–H and O–H groups in total. The Morgan fingerprint density at radius 1 is 0.870 bits per heavy atom. The van der Waals surface area contributed by atoms with E-state index in [0.717, 1.165) is 16.9 Å². The van der Waals surface area contributed by atoms with E-state index in [9.17, 15) is 0 Å². The summed E-state index contributed by atoms with van der Waals surface area (Å²) in [6.45, 7) is 1.92. The van der Waals surface area contributed by atoms with Crippen LogP contribution in [0.15, 0.2) is 77.8 Å². The van der Waals surface area contributed by atoms with Crippen molar-refractivity contribution in [2.45, 2.75) is 6.92 Å². The largest absolute Gasteiger partial charge is 0.369 e. The van der Waals surface area contributed by atoms with Crippen molar-refractivity contribution >= 4 is 17.5 Å². The SMILES string of the molecule is Cc1cccc(/N=C(/N)Nc2ccc(-c3ccccc3)cc2)n1. The van der Waals surface area contributed by atoms with Crippen LogP contribution in [-0.4, -0.2) is 10.9 Å². The van der Waals surface area contributed by atoms with Crippen LogP contribution in [0.1, 0.15) is 5.69 Å². The van der Waals surface area contributed by atoms with E-state index in [1.165, 1.54) is 5.56 Å². The van der Waals surface area contributed by atoms with Gasteiger partial charge in [-0.3, -0.25) is 0 Å². The number of hydrogen-bond donors (Lipinski definition) is 2. The molecule has 1 aromatic heterocycles. The Balaban J connectivity index is 1.73. The molecule has 0 saturated carbocycles. The minimum atomic E-state index is 0.315. The highest BCUT2D eigenvalue weighted by Crippen LogP contribution is 2.21. The van der Waals surface area contributed by atoms with Crippen LogP contribution in [0.2, 0.25) is 0 Å². The van der Waals surface area contributed by atoms with Crippen LogP contribution in [-0.2, 0) is 0 Å². The van der Waals surface area contributed by atoms with Crippen LogP contribution in [0.3, 0.4) is 0 Å². The van der Waals surface area contributed by atoms with Crippen LogP contribution in [0, 0.1) is 6.92 Å². The van der Waals surface area contributed by atoms with Gasteiger partial charge < -0.3 is 11.1 Å². The third-order valence-electron chi connectivity index (χ3n) is 3.37. The molecule has 0 aliphatic heterocycles. The number of aromatic nitrogens is 1. The second kappa shape index (κ2) is 6.75. The Morgan fingerprint density at radius 2 is 1.57 bits per heavy atom. The van der Waals surface area contributed by atoms with Crippen molar-refractivity contribution in [2.75, 3.05) is 5.32 Å². The molecule has 4 heteroatoms. The lowest BCUT2D eigenvalue weighted by Gasteiger charge is -2.07. The lowest BCUT2D eigenvalue weighted by Crippen LogP contribution is -2.21. The maximum atomic E-state index is 5.94. The number of pyridine rings is 1. The van der Waals surface area contributed by atoms with Gasteiger partial charge in [-0.25, -0.2) is 4.98 Å². The first-order chi connectivity index (χ1) is 11.2. The molecule has 2 aromatic carbocycles. The lowest BCUT2D eigenvalue weighted by atomic mass is 10.1. The Kier molecular flexibility index (Phi) is 4.34. The molecule has 0 aliphatic carbocycles. The topological polar surface area (TPSA) is 63.3 Å². The number of nitrogens with zero attached hydrogens (tertiary/aromatic N) is 2. The predicted molar refractivity (Wildman–Crippen MR) is 95.8 cm³/mol. The van der Waals surface area contributed by atoms with E-state index in [1.807, 2.05) is 55.5 Å². The number of nitrogens with two attached hydrogens (primary N) is 1. The summed E-state index contributed by atoms with van der Waals surface area (Å²) < 4.78 is 0. The number of aryl methyl sites for hydroxylation is 1. The molecular weight excluding hydrogens is 284 g/mol. The fourth-order valence-electron chi connectivity index (χ4n) is 2.27. The van der Waals surface area contributed by atoms with Gasteiger partial charge in [-0.05, 0) is 42.3 Å². The first-order valence-corrected chi connectivity index (χ1v) is 7.41. The van der Waals surface area contributed by atoms with Crippen LogP contribution in [0.4, 0.5) is 11.5 Å². The summed E-state index contributed by atoms with van der Waals surface area (Å²) in [4.78, 5) is 8.57. The average Bonchev–Trinajstić information content (AvgIpc) is 2.56. The molecule has 23 heavy (non-hydrogen) atoms. The van der Waals surface area contributed by atoms with E-state index in [4.69, 9.17) is 5.73 Å². The van der Waals surface area contributed by atoms with E-state index in [1.54, 1.807) is 0 Å². The van der Waals surface area contributed by atoms with Crippen molar-refractivity contribution in [3.05, 3.63) is 78.5 Å². The molecule has 0 unspecified atom stereocenters.